The summed E-state index contributed by atoms with van der Waals surface area (Å²) in [4.78, 5) is 46.3. The molecule has 1 saturated carbocycles. The molecule has 200 valence electrons. The van der Waals surface area contributed by atoms with Crippen molar-refractivity contribution in [3.63, 3.8) is 0 Å². The Morgan fingerprint density at radius 2 is 1.71 bits per heavy atom. The maximum absolute atomic E-state index is 13.7. The van der Waals surface area contributed by atoms with Gasteiger partial charge in [-0.15, -0.1) is 0 Å². The van der Waals surface area contributed by atoms with Crippen LogP contribution in [0.15, 0.2) is 40.8 Å². The molecule has 9 heteroatoms. The lowest BCUT2D eigenvalue weighted by atomic mass is 9.86. The van der Waals surface area contributed by atoms with Gasteiger partial charge in [0, 0.05) is 36.8 Å². The number of carbonyl (C=O) groups excluding carboxylic acids is 2. The Labute approximate surface area is 220 Å². The first-order valence-electron chi connectivity index (χ1n) is 12.8. The van der Waals surface area contributed by atoms with Crippen molar-refractivity contribution < 1.29 is 28.3 Å². The number of carboxylic acid groups (broad SMARTS) is 1. The molecule has 0 radical (unpaired) electrons. The Morgan fingerprint density at radius 1 is 1.05 bits per heavy atom. The van der Waals surface area contributed by atoms with E-state index >= 15 is 0 Å². The summed E-state index contributed by atoms with van der Waals surface area (Å²) in [5.41, 5.74) is 0.976. The maximum Gasteiger partial charge on any atom is 0.319 e. The Kier molecular flexibility index (Phi) is 5.89. The first kappa shape index (κ1) is 25.9. The molecular weight excluding hydrogens is 489 g/mol. The molecule has 2 fully saturated rings. The van der Waals surface area contributed by atoms with Crippen molar-refractivity contribution in [1.29, 1.82) is 0 Å². The lowest BCUT2D eigenvalue weighted by Gasteiger charge is -2.47. The standard InChI is InChI=1S/C29H32FN3O5/c1-27(2,3)19-14-20(17-6-8-18(30)9-7-17)31-21-15-22(38-23(19)21)24(34)33-13-12-32(16-28(33,4)5)25(35)29(10-11-29)26(36)37/h6-9,14-15H,10-13,16H2,1-5H3,(H,36,37). The number of fused-ring (bicyclic) bond motifs is 1. The SMILES string of the molecule is CC(C)(C)c1cc(-c2ccc(F)cc2)nc2cc(C(=O)N3CCN(C(=O)C4(C(=O)O)CC4)CC3(C)C)oc12. The highest BCUT2D eigenvalue weighted by atomic mass is 19.1. The molecule has 38 heavy (non-hydrogen) atoms. The molecule has 0 bridgehead atoms. The van der Waals surface area contributed by atoms with Gasteiger partial charge in [-0.3, -0.25) is 14.4 Å². The van der Waals surface area contributed by atoms with Crippen molar-refractivity contribution in [2.45, 2.75) is 58.4 Å². The Morgan fingerprint density at radius 3 is 2.26 bits per heavy atom. The number of amides is 2. The predicted molar refractivity (Wildman–Crippen MR) is 139 cm³/mol. The average molecular weight is 522 g/mol. The highest BCUT2D eigenvalue weighted by Crippen LogP contribution is 2.48. The molecule has 1 aliphatic heterocycles. The normalized spacial score (nSPS) is 18.5. The van der Waals surface area contributed by atoms with Gasteiger partial charge in [-0.05, 0) is 62.4 Å². The summed E-state index contributed by atoms with van der Waals surface area (Å²) in [5.74, 6) is -1.96. The largest absolute Gasteiger partial charge is 0.480 e. The van der Waals surface area contributed by atoms with Crippen molar-refractivity contribution in [3.05, 3.63) is 53.5 Å². The number of aliphatic carboxylic acids is 1. The van der Waals surface area contributed by atoms with Crippen molar-refractivity contribution >= 4 is 28.9 Å². The topological polar surface area (TPSA) is 104 Å². The summed E-state index contributed by atoms with van der Waals surface area (Å²) in [6.45, 7) is 10.6. The number of carboxylic acids is 1. The number of pyridine rings is 1. The number of benzene rings is 1. The van der Waals surface area contributed by atoms with Gasteiger partial charge in [0.1, 0.15) is 16.7 Å². The van der Waals surface area contributed by atoms with E-state index in [-0.39, 0.29) is 48.4 Å². The minimum Gasteiger partial charge on any atom is -0.480 e. The molecule has 2 aromatic heterocycles. The Bertz CT molecular complexity index is 1450. The van der Waals surface area contributed by atoms with Gasteiger partial charge in [0.05, 0.1) is 11.2 Å². The monoisotopic (exact) mass is 521 g/mol. The van der Waals surface area contributed by atoms with Gasteiger partial charge >= 0.3 is 5.97 Å². The number of nitrogens with zero attached hydrogens (tertiary/aromatic N) is 3. The number of aromatic nitrogens is 1. The number of halogens is 1. The second kappa shape index (κ2) is 8.64. The molecule has 0 atom stereocenters. The second-order valence-electron chi connectivity index (χ2n) is 12.0. The van der Waals surface area contributed by atoms with Gasteiger partial charge in [0.2, 0.25) is 5.91 Å². The fourth-order valence-electron chi connectivity index (χ4n) is 5.24. The van der Waals surface area contributed by atoms with E-state index in [1.807, 2.05) is 40.7 Å². The average Bonchev–Trinajstić information content (AvgIpc) is 3.55. The van der Waals surface area contributed by atoms with Gasteiger partial charge in [-0.25, -0.2) is 9.37 Å². The fourth-order valence-corrected chi connectivity index (χ4v) is 5.24. The highest BCUT2D eigenvalue weighted by molar-refractivity contribution is 6.05. The number of piperazine rings is 1. The molecule has 1 aliphatic carbocycles. The zero-order chi connectivity index (χ0) is 27.6. The molecule has 2 amide bonds. The third kappa shape index (κ3) is 4.33. The van der Waals surface area contributed by atoms with Crippen molar-refractivity contribution in [2.75, 3.05) is 19.6 Å². The molecular formula is C29H32FN3O5. The number of rotatable bonds is 4. The third-order valence-corrected chi connectivity index (χ3v) is 7.64. The van der Waals surface area contributed by atoms with Gasteiger partial charge in [0.15, 0.2) is 11.3 Å². The van der Waals surface area contributed by atoms with Crippen LogP contribution in [0.4, 0.5) is 4.39 Å². The number of hydrogen-bond donors (Lipinski definition) is 1. The van der Waals surface area contributed by atoms with Crippen LogP contribution in [0.5, 0.6) is 0 Å². The van der Waals surface area contributed by atoms with Gasteiger partial charge < -0.3 is 19.3 Å². The first-order chi connectivity index (χ1) is 17.7. The highest BCUT2D eigenvalue weighted by Gasteiger charge is 2.59. The summed E-state index contributed by atoms with van der Waals surface area (Å²) in [6, 6.07) is 9.66. The molecule has 1 N–H and O–H groups in total. The summed E-state index contributed by atoms with van der Waals surface area (Å²) < 4.78 is 19.6. The third-order valence-electron chi connectivity index (χ3n) is 7.64. The predicted octanol–water partition coefficient (Wildman–Crippen LogP) is 4.86. The van der Waals surface area contributed by atoms with Gasteiger partial charge in [-0.2, -0.15) is 0 Å². The van der Waals surface area contributed by atoms with Crippen LogP contribution in [0.1, 0.15) is 63.6 Å². The molecule has 1 saturated heterocycles. The molecule has 0 unspecified atom stereocenters. The van der Waals surface area contributed by atoms with Crippen molar-refractivity contribution in [2.24, 2.45) is 5.41 Å². The van der Waals surface area contributed by atoms with E-state index in [0.717, 1.165) is 11.1 Å². The quantitative estimate of drug-likeness (QED) is 0.492. The number of carbonyl (C=O) groups is 3. The molecule has 2 aliphatic rings. The maximum atomic E-state index is 13.7. The van der Waals surface area contributed by atoms with E-state index in [4.69, 9.17) is 9.40 Å². The molecule has 3 heterocycles. The van der Waals surface area contributed by atoms with E-state index in [2.05, 4.69) is 0 Å². The second-order valence-corrected chi connectivity index (χ2v) is 12.0. The Hall–Kier alpha value is -3.75. The number of furan rings is 1. The molecule has 1 aromatic carbocycles. The van der Waals surface area contributed by atoms with Crippen molar-refractivity contribution in [1.82, 2.24) is 14.8 Å². The minimum atomic E-state index is -1.31. The van der Waals surface area contributed by atoms with Crippen LogP contribution in [-0.2, 0) is 15.0 Å². The zero-order valence-corrected chi connectivity index (χ0v) is 22.3. The Balaban J connectivity index is 1.46. The van der Waals surface area contributed by atoms with Crippen LogP contribution in [0.25, 0.3) is 22.4 Å². The lowest BCUT2D eigenvalue weighted by Crippen LogP contribution is -2.63. The van der Waals surface area contributed by atoms with Crippen LogP contribution in [0, 0.1) is 11.2 Å². The van der Waals surface area contributed by atoms with E-state index in [1.54, 1.807) is 28.0 Å². The lowest BCUT2D eigenvalue weighted by molar-refractivity contribution is -0.155. The molecule has 8 nitrogen and oxygen atoms in total. The number of hydrogen-bond acceptors (Lipinski definition) is 5. The van der Waals surface area contributed by atoms with Crippen molar-refractivity contribution in [3.8, 4) is 11.3 Å². The first-order valence-corrected chi connectivity index (χ1v) is 12.8. The van der Waals surface area contributed by atoms with Gasteiger partial charge in [0.25, 0.3) is 5.91 Å². The summed E-state index contributed by atoms with van der Waals surface area (Å²) >= 11 is 0. The van der Waals surface area contributed by atoms with Crippen LogP contribution in [-0.4, -0.2) is 62.8 Å². The van der Waals surface area contributed by atoms with E-state index in [9.17, 15) is 23.9 Å². The van der Waals surface area contributed by atoms with Crippen LogP contribution in [0.3, 0.4) is 0 Å². The fraction of sp³-hybridized carbons (Fsp3) is 0.448. The van der Waals surface area contributed by atoms with Gasteiger partial charge in [-0.1, -0.05) is 20.8 Å². The molecule has 0 spiro atoms. The summed E-state index contributed by atoms with van der Waals surface area (Å²) in [6.07, 6.45) is 0.700. The summed E-state index contributed by atoms with van der Waals surface area (Å²) in [5, 5.41) is 9.53. The molecule has 5 rings (SSSR count). The van der Waals surface area contributed by atoms with Crippen LogP contribution in [0.2, 0.25) is 0 Å². The minimum absolute atomic E-state index is 0.145. The van der Waals surface area contributed by atoms with E-state index in [0.29, 0.717) is 29.6 Å². The van der Waals surface area contributed by atoms with Crippen LogP contribution < -0.4 is 0 Å². The summed E-state index contributed by atoms with van der Waals surface area (Å²) in [7, 11) is 0. The van der Waals surface area contributed by atoms with E-state index < -0.39 is 16.9 Å². The van der Waals surface area contributed by atoms with E-state index in [1.165, 1.54) is 12.1 Å². The zero-order valence-electron chi connectivity index (χ0n) is 22.3. The van der Waals surface area contributed by atoms with Crippen LogP contribution >= 0.6 is 0 Å². The molecule has 3 aromatic rings. The smallest absolute Gasteiger partial charge is 0.319 e.